The number of amides is 1. The summed E-state index contributed by atoms with van der Waals surface area (Å²) in [7, 11) is 0. The third-order valence-corrected chi connectivity index (χ3v) is 3.44. The molecule has 0 aliphatic carbocycles. The van der Waals surface area contributed by atoms with E-state index in [0.717, 1.165) is 11.1 Å². The summed E-state index contributed by atoms with van der Waals surface area (Å²) in [5.41, 5.74) is 1.86. The number of carbonyl (C=O) groups excluding carboxylic acids is 1. The molecule has 0 radical (unpaired) electrons. The van der Waals surface area contributed by atoms with Gasteiger partial charge < -0.3 is 5.32 Å². The minimum absolute atomic E-state index is 0.0504. The molecule has 116 valence electrons. The first-order chi connectivity index (χ1) is 11.2. The van der Waals surface area contributed by atoms with E-state index < -0.39 is 0 Å². The van der Waals surface area contributed by atoms with Crippen LogP contribution in [-0.4, -0.2) is 26.1 Å². The number of nitrogens with zero attached hydrogens (tertiary/aromatic N) is 3. The summed E-state index contributed by atoms with van der Waals surface area (Å²) in [5.74, 6) is 1.16. The molecule has 6 nitrogen and oxygen atoms in total. The van der Waals surface area contributed by atoms with Crippen molar-refractivity contribution in [2.24, 2.45) is 0 Å². The Labute approximate surface area is 134 Å². The number of hydrogen-bond acceptors (Lipinski definition) is 4. The van der Waals surface area contributed by atoms with Crippen LogP contribution in [-0.2, 0) is 11.2 Å². The van der Waals surface area contributed by atoms with Gasteiger partial charge in [0, 0.05) is 18.0 Å². The van der Waals surface area contributed by atoms with Crippen LogP contribution in [0.5, 0.6) is 0 Å². The van der Waals surface area contributed by atoms with Crippen LogP contribution < -0.4 is 5.32 Å². The van der Waals surface area contributed by atoms with Gasteiger partial charge in [-0.05, 0) is 24.6 Å². The van der Waals surface area contributed by atoms with E-state index in [1.165, 1.54) is 0 Å². The zero-order valence-corrected chi connectivity index (χ0v) is 12.7. The van der Waals surface area contributed by atoms with Crippen LogP contribution >= 0.6 is 0 Å². The lowest BCUT2D eigenvalue weighted by molar-refractivity contribution is -0.121. The SMILES string of the molecule is C[C@H](NC(=O)Cc1ccccc1)c1nc(-c2ccncc2)n[nH]1. The van der Waals surface area contributed by atoms with Gasteiger partial charge in [-0.25, -0.2) is 4.98 Å². The summed E-state index contributed by atoms with van der Waals surface area (Å²) in [4.78, 5) is 20.5. The highest BCUT2D eigenvalue weighted by Gasteiger charge is 2.14. The van der Waals surface area contributed by atoms with Gasteiger partial charge in [-0.2, -0.15) is 5.10 Å². The molecule has 2 heterocycles. The predicted molar refractivity (Wildman–Crippen MR) is 86.3 cm³/mol. The van der Waals surface area contributed by atoms with E-state index in [2.05, 4.69) is 25.5 Å². The molecule has 0 fully saturated rings. The Hall–Kier alpha value is -3.02. The molecule has 0 saturated heterocycles. The topological polar surface area (TPSA) is 83.6 Å². The number of H-pyrrole nitrogens is 1. The van der Waals surface area contributed by atoms with Crippen molar-refractivity contribution in [1.29, 1.82) is 0 Å². The average Bonchev–Trinajstić information content (AvgIpc) is 3.06. The number of rotatable bonds is 5. The molecule has 0 spiro atoms. The van der Waals surface area contributed by atoms with Crippen LogP contribution in [0.4, 0.5) is 0 Å². The van der Waals surface area contributed by atoms with Crippen LogP contribution in [0.25, 0.3) is 11.4 Å². The summed E-state index contributed by atoms with van der Waals surface area (Å²) in [6, 6.07) is 13.1. The largest absolute Gasteiger partial charge is 0.346 e. The maximum absolute atomic E-state index is 12.1. The first-order valence-corrected chi connectivity index (χ1v) is 7.38. The molecule has 0 aliphatic heterocycles. The molecule has 2 aromatic heterocycles. The molecule has 0 unspecified atom stereocenters. The smallest absolute Gasteiger partial charge is 0.224 e. The summed E-state index contributed by atoms with van der Waals surface area (Å²) in [5, 5.41) is 9.99. The Morgan fingerprint density at radius 1 is 1.17 bits per heavy atom. The summed E-state index contributed by atoms with van der Waals surface area (Å²) >= 11 is 0. The number of hydrogen-bond donors (Lipinski definition) is 2. The fourth-order valence-corrected chi connectivity index (χ4v) is 2.24. The minimum atomic E-state index is -0.241. The van der Waals surface area contributed by atoms with E-state index in [1.54, 1.807) is 12.4 Å². The van der Waals surface area contributed by atoms with E-state index in [4.69, 9.17) is 0 Å². The third-order valence-electron chi connectivity index (χ3n) is 3.44. The number of benzene rings is 1. The van der Waals surface area contributed by atoms with Crippen LogP contribution in [0, 0.1) is 0 Å². The van der Waals surface area contributed by atoms with Crippen molar-refractivity contribution in [2.75, 3.05) is 0 Å². The first kappa shape index (κ1) is 14.9. The van der Waals surface area contributed by atoms with Crippen molar-refractivity contribution in [2.45, 2.75) is 19.4 Å². The standard InChI is InChI=1S/C17H17N5O/c1-12(19-15(23)11-13-5-3-2-4-6-13)16-20-17(22-21-16)14-7-9-18-10-8-14/h2-10,12H,11H2,1H3,(H,19,23)(H,20,21,22)/t12-/m0/s1. The molecule has 0 aliphatic rings. The van der Waals surface area contributed by atoms with Gasteiger partial charge in [0.15, 0.2) is 5.82 Å². The Bertz CT molecular complexity index is 770. The molecule has 3 rings (SSSR count). The maximum Gasteiger partial charge on any atom is 0.224 e. The molecule has 6 heteroatoms. The van der Waals surface area contributed by atoms with E-state index >= 15 is 0 Å². The van der Waals surface area contributed by atoms with Gasteiger partial charge in [-0.3, -0.25) is 14.9 Å². The Morgan fingerprint density at radius 3 is 2.65 bits per heavy atom. The molecule has 1 amide bonds. The van der Waals surface area contributed by atoms with E-state index in [9.17, 15) is 4.79 Å². The van der Waals surface area contributed by atoms with Gasteiger partial charge in [0.1, 0.15) is 5.82 Å². The molecule has 23 heavy (non-hydrogen) atoms. The summed E-state index contributed by atoms with van der Waals surface area (Å²) in [6.07, 6.45) is 3.73. The van der Waals surface area contributed by atoms with Crippen molar-refractivity contribution in [3.05, 3.63) is 66.2 Å². The van der Waals surface area contributed by atoms with Gasteiger partial charge in [0.25, 0.3) is 0 Å². The molecule has 0 bridgehead atoms. The lowest BCUT2D eigenvalue weighted by atomic mass is 10.1. The highest BCUT2D eigenvalue weighted by molar-refractivity contribution is 5.78. The Kier molecular flexibility index (Phi) is 4.42. The molecule has 1 aromatic carbocycles. The van der Waals surface area contributed by atoms with Crippen LogP contribution in [0.1, 0.15) is 24.4 Å². The molecular formula is C17H17N5O. The molecular weight excluding hydrogens is 290 g/mol. The van der Waals surface area contributed by atoms with E-state index in [1.807, 2.05) is 49.4 Å². The van der Waals surface area contributed by atoms with Gasteiger partial charge in [-0.1, -0.05) is 30.3 Å². The first-order valence-electron chi connectivity index (χ1n) is 7.38. The molecule has 0 saturated carbocycles. The quantitative estimate of drug-likeness (QED) is 0.757. The van der Waals surface area contributed by atoms with Crippen LogP contribution in [0.2, 0.25) is 0 Å². The van der Waals surface area contributed by atoms with Crippen molar-refractivity contribution in [3.63, 3.8) is 0 Å². The van der Waals surface area contributed by atoms with Crippen molar-refractivity contribution >= 4 is 5.91 Å². The average molecular weight is 307 g/mol. The van der Waals surface area contributed by atoms with Crippen molar-refractivity contribution < 1.29 is 4.79 Å². The monoisotopic (exact) mass is 307 g/mol. The summed E-state index contributed by atoms with van der Waals surface area (Å²) in [6.45, 7) is 1.87. The van der Waals surface area contributed by atoms with Crippen LogP contribution in [0.15, 0.2) is 54.9 Å². The number of nitrogens with one attached hydrogen (secondary N) is 2. The van der Waals surface area contributed by atoms with Gasteiger partial charge in [-0.15, -0.1) is 0 Å². The van der Waals surface area contributed by atoms with E-state index in [-0.39, 0.29) is 11.9 Å². The summed E-state index contributed by atoms with van der Waals surface area (Å²) < 4.78 is 0. The zero-order valence-electron chi connectivity index (χ0n) is 12.7. The number of carbonyl (C=O) groups is 1. The number of aromatic amines is 1. The highest BCUT2D eigenvalue weighted by Crippen LogP contribution is 2.15. The molecule has 3 aromatic rings. The fraction of sp³-hybridized carbons (Fsp3) is 0.176. The molecule has 1 atom stereocenters. The van der Waals surface area contributed by atoms with Gasteiger partial charge in [0.2, 0.25) is 5.91 Å². The fourth-order valence-electron chi connectivity index (χ4n) is 2.24. The maximum atomic E-state index is 12.1. The van der Waals surface area contributed by atoms with Crippen LogP contribution in [0.3, 0.4) is 0 Å². The minimum Gasteiger partial charge on any atom is -0.346 e. The second-order valence-electron chi connectivity index (χ2n) is 5.23. The van der Waals surface area contributed by atoms with Crippen molar-refractivity contribution in [1.82, 2.24) is 25.5 Å². The third kappa shape index (κ3) is 3.79. The van der Waals surface area contributed by atoms with Gasteiger partial charge in [0.05, 0.1) is 12.5 Å². The Morgan fingerprint density at radius 2 is 1.91 bits per heavy atom. The second kappa shape index (κ2) is 6.83. The lowest BCUT2D eigenvalue weighted by Gasteiger charge is -2.10. The van der Waals surface area contributed by atoms with Gasteiger partial charge >= 0.3 is 0 Å². The van der Waals surface area contributed by atoms with E-state index in [0.29, 0.717) is 18.1 Å². The number of pyridine rings is 1. The zero-order chi connectivity index (χ0) is 16.1. The highest BCUT2D eigenvalue weighted by atomic mass is 16.1. The normalized spacial score (nSPS) is 11.9. The lowest BCUT2D eigenvalue weighted by Crippen LogP contribution is -2.28. The Balaban J connectivity index is 1.63. The number of aromatic nitrogens is 4. The molecule has 2 N–H and O–H groups in total. The van der Waals surface area contributed by atoms with Crippen molar-refractivity contribution in [3.8, 4) is 11.4 Å². The predicted octanol–water partition coefficient (Wildman–Crippen LogP) is 2.29. The second-order valence-corrected chi connectivity index (χ2v) is 5.23.